The van der Waals surface area contributed by atoms with E-state index in [4.69, 9.17) is 9.84 Å². The highest BCUT2D eigenvalue weighted by Crippen LogP contribution is 2.39. The number of imide groups is 1. The minimum Gasteiger partial charge on any atom is -0.491 e. The van der Waals surface area contributed by atoms with Crippen LogP contribution in [0, 0.1) is 10.1 Å². The van der Waals surface area contributed by atoms with Gasteiger partial charge in [-0.05, 0) is 18.2 Å². The molecule has 4 rings (SSSR count). The summed E-state index contributed by atoms with van der Waals surface area (Å²) in [7, 11) is 1.80. The zero-order chi connectivity index (χ0) is 23.0. The molecule has 10 heteroatoms. The standard InChI is InChI=1S/C22H19N3O7/c1-24-9-16(14-4-2-3-5-17(14)24)20-19(21(28)23-22(20)29)15-8-13(32-11-12(27)10-26)6-7-18(15)25(30)31/h2-9,12,26-27H,10-11H2,1H3,(H,23,28,29)/t12-/m0/s1. The van der Waals surface area contributed by atoms with Crippen molar-refractivity contribution >= 4 is 39.6 Å². The van der Waals surface area contributed by atoms with E-state index < -0.39 is 29.4 Å². The van der Waals surface area contributed by atoms with Gasteiger partial charge in [-0.3, -0.25) is 25.0 Å². The summed E-state index contributed by atoms with van der Waals surface area (Å²) in [5, 5.41) is 33.1. The number of nitro benzene ring substituents is 1. The molecule has 0 fully saturated rings. The molecule has 0 saturated heterocycles. The maximum atomic E-state index is 12.8. The molecule has 1 atom stereocenters. The molecule has 1 aliphatic rings. The molecule has 32 heavy (non-hydrogen) atoms. The molecule has 0 radical (unpaired) electrons. The third kappa shape index (κ3) is 3.61. The Hall–Kier alpha value is -4.02. The van der Waals surface area contributed by atoms with Gasteiger partial charge in [-0.2, -0.15) is 0 Å². The van der Waals surface area contributed by atoms with Crippen molar-refractivity contribution < 1.29 is 29.5 Å². The summed E-state index contributed by atoms with van der Waals surface area (Å²) in [5.74, 6) is -1.28. The molecule has 2 aromatic carbocycles. The fraction of sp³-hybridized carbons (Fsp3) is 0.182. The SMILES string of the molecule is Cn1cc(C2=C(c3cc(OC[C@@H](O)CO)ccc3[N+](=O)[O-])C(=O)NC2=O)c2ccccc21. The number of nitro groups is 1. The van der Waals surface area contributed by atoms with Crippen LogP contribution in [0.15, 0.2) is 48.7 Å². The largest absolute Gasteiger partial charge is 0.491 e. The Balaban J connectivity index is 1.94. The highest BCUT2D eigenvalue weighted by Gasteiger charge is 2.37. The first kappa shape index (κ1) is 21.2. The fourth-order valence-electron chi connectivity index (χ4n) is 3.72. The zero-order valence-corrected chi connectivity index (χ0v) is 16.9. The third-order valence-corrected chi connectivity index (χ3v) is 5.18. The van der Waals surface area contributed by atoms with Crippen LogP contribution in [0.25, 0.3) is 22.0 Å². The van der Waals surface area contributed by atoms with Crippen molar-refractivity contribution in [1.29, 1.82) is 0 Å². The molecule has 2 heterocycles. The molecule has 3 aromatic rings. The van der Waals surface area contributed by atoms with Gasteiger partial charge in [0.1, 0.15) is 18.5 Å². The molecular weight excluding hydrogens is 418 g/mol. The fourth-order valence-corrected chi connectivity index (χ4v) is 3.72. The molecule has 0 spiro atoms. The van der Waals surface area contributed by atoms with E-state index in [1.807, 2.05) is 12.1 Å². The van der Waals surface area contributed by atoms with Crippen LogP contribution in [-0.4, -0.2) is 50.8 Å². The van der Waals surface area contributed by atoms with E-state index in [1.165, 1.54) is 18.2 Å². The molecule has 10 nitrogen and oxygen atoms in total. The smallest absolute Gasteiger partial charge is 0.277 e. The number of aryl methyl sites for hydroxylation is 1. The lowest BCUT2D eigenvalue weighted by molar-refractivity contribution is -0.385. The first-order valence-electron chi connectivity index (χ1n) is 9.66. The Kier molecular flexibility index (Phi) is 5.47. The number of carbonyl (C=O) groups is 2. The van der Waals surface area contributed by atoms with Crippen LogP contribution in [-0.2, 0) is 16.6 Å². The van der Waals surface area contributed by atoms with Gasteiger partial charge in [0.15, 0.2) is 0 Å². The number of para-hydroxylation sites is 1. The van der Waals surface area contributed by atoms with Gasteiger partial charge >= 0.3 is 0 Å². The van der Waals surface area contributed by atoms with E-state index in [1.54, 1.807) is 29.9 Å². The number of hydrogen-bond donors (Lipinski definition) is 3. The van der Waals surface area contributed by atoms with Gasteiger partial charge in [-0.25, -0.2) is 0 Å². The number of amides is 2. The van der Waals surface area contributed by atoms with Crippen LogP contribution in [0.5, 0.6) is 5.75 Å². The van der Waals surface area contributed by atoms with Crippen LogP contribution in [0.2, 0.25) is 0 Å². The monoisotopic (exact) mass is 437 g/mol. The maximum Gasteiger partial charge on any atom is 0.277 e. The summed E-state index contributed by atoms with van der Waals surface area (Å²) < 4.78 is 7.20. The summed E-state index contributed by atoms with van der Waals surface area (Å²) >= 11 is 0. The first-order valence-corrected chi connectivity index (χ1v) is 9.66. The summed E-state index contributed by atoms with van der Waals surface area (Å²) in [6, 6.07) is 11.1. The first-order chi connectivity index (χ1) is 15.3. The topological polar surface area (TPSA) is 144 Å². The zero-order valence-electron chi connectivity index (χ0n) is 16.9. The minimum atomic E-state index is -1.14. The number of nitrogens with one attached hydrogen (secondary N) is 1. The lowest BCUT2D eigenvalue weighted by Crippen LogP contribution is -2.23. The molecule has 0 bridgehead atoms. The summed E-state index contributed by atoms with van der Waals surface area (Å²) in [5.41, 5.74) is 0.729. The van der Waals surface area contributed by atoms with Crippen LogP contribution in [0.4, 0.5) is 5.69 Å². The lowest BCUT2D eigenvalue weighted by atomic mass is 9.94. The van der Waals surface area contributed by atoms with Crippen LogP contribution in [0.3, 0.4) is 0 Å². The molecule has 164 valence electrons. The average Bonchev–Trinajstić information content (AvgIpc) is 3.26. The Morgan fingerprint density at radius 3 is 2.50 bits per heavy atom. The van der Waals surface area contributed by atoms with E-state index in [2.05, 4.69) is 5.32 Å². The van der Waals surface area contributed by atoms with Crippen molar-refractivity contribution in [2.45, 2.75) is 6.10 Å². The number of nitrogens with zero attached hydrogens (tertiary/aromatic N) is 2. The van der Waals surface area contributed by atoms with Crippen molar-refractivity contribution in [3.8, 4) is 5.75 Å². The molecule has 1 aromatic heterocycles. The van der Waals surface area contributed by atoms with E-state index in [0.29, 0.717) is 10.9 Å². The molecular formula is C22H19N3O7. The lowest BCUT2D eigenvalue weighted by Gasteiger charge is -2.12. The number of rotatable bonds is 7. The number of benzene rings is 2. The van der Waals surface area contributed by atoms with Crippen LogP contribution >= 0.6 is 0 Å². The van der Waals surface area contributed by atoms with Gasteiger partial charge in [0.05, 0.1) is 28.2 Å². The molecule has 0 saturated carbocycles. The van der Waals surface area contributed by atoms with Gasteiger partial charge in [0.25, 0.3) is 17.5 Å². The predicted molar refractivity (Wildman–Crippen MR) is 115 cm³/mol. The number of hydrogen-bond acceptors (Lipinski definition) is 7. The van der Waals surface area contributed by atoms with Crippen molar-refractivity contribution in [3.05, 3.63) is 69.9 Å². The van der Waals surface area contributed by atoms with Gasteiger partial charge in [-0.15, -0.1) is 0 Å². The number of aromatic nitrogens is 1. The highest BCUT2D eigenvalue weighted by atomic mass is 16.6. The molecule has 0 aliphatic carbocycles. The number of fused-ring (bicyclic) bond motifs is 1. The highest BCUT2D eigenvalue weighted by molar-refractivity contribution is 6.50. The van der Waals surface area contributed by atoms with E-state index in [0.717, 1.165) is 5.52 Å². The second kappa shape index (κ2) is 8.25. The van der Waals surface area contributed by atoms with Crippen molar-refractivity contribution in [2.75, 3.05) is 13.2 Å². The van der Waals surface area contributed by atoms with Crippen molar-refractivity contribution in [2.24, 2.45) is 7.05 Å². The second-order valence-corrected chi connectivity index (χ2v) is 7.29. The predicted octanol–water partition coefficient (Wildman–Crippen LogP) is 1.39. The molecule has 3 N–H and O–H groups in total. The summed E-state index contributed by atoms with van der Waals surface area (Å²) in [4.78, 5) is 36.6. The van der Waals surface area contributed by atoms with Gasteiger partial charge in [0, 0.05) is 35.8 Å². The van der Waals surface area contributed by atoms with Crippen LogP contribution < -0.4 is 10.1 Å². The number of ether oxygens (including phenoxy) is 1. The van der Waals surface area contributed by atoms with Crippen LogP contribution in [0.1, 0.15) is 11.1 Å². The minimum absolute atomic E-state index is 0.0300. The van der Waals surface area contributed by atoms with E-state index in [9.17, 15) is 24.8 Å². The Bertz CT molecular complexity index is 1290. The number of aliphatic hydroxyl groups excluding tert-OH is 2. The summed E-state index contributed by atoms with van der Waals surface area (Å²) in [6.45, 7) is -0.777. The Morgan fingerprint density at radius 1 is 1.12 bits per heavy atom. The Labute approximate surface area is 181 Å². The summed E-state index contributed by atoms with van der Waals surface area (Å²) in [6.07, 6.45) is 0.553. The average molecular weight is 437 g/mol. The molecule has 0 unspecified atom stereocenters. The van der Waals surface area contributed by atoms with Gasteiger partial charge in [-0.1, -0.05) is 18.2 Å². The second-order valence-electron chi connectivity index (χ2n) is 7.29. The van der Waals surface area contributed by atoms with E-state index >= 15 is 0 Å². The quantitative estimate of drug-likeness (QED) is 0.288. The number of aliphatic hydroxyl groups is 2. The Morgan fingerprint density at radius 2 is 1.81 bits per heavy atom. The number of carbonyl (C=O) groups excluding carboxylic acids is 2. The molecule has 1 aliphatic heterocycles. The van der Waals surface area contributed by atoms with Gasteiger partial charge < -0.3 is 19.5 Å². The van der Waals surface area contributed by atoms with Crippen molar-refractivity contribution in [1.82, 2.24) is 9.88 Å². The van der Waals surface area contributed by atoms with Crippen molar-refractivity contribution in [3.63, 3.8) is 0 Å². The third-order valence-electron chi connectivity index (χ3n) is 5.18. The molecule has 2 amide bonds. The maximum absolute atomic E-state index is 12.8. The normalized spacial score (nSPS) is 14.7. The van der Waals surface area contributed by atoms with Gasteiger partial charge in [0.2, 0.25) is 0 Å². The van der Waals surface area contributed by atoms with E-state index in [-0.39, 0.29) is 34.8 Å².